The van der Waals surface area contributed by atoms with Crippen molar-refractivity contribution in [2.75, 3.05) is 26.4 Å². The van der Waals surface area contributed by atoms with Crippen LogP contribution in [0.25, 0.3) is 22.1 Å². The van der Waals surface area contributed by atoms with Gasteiger partial charge in [0.25, 0.3) is 0 Å². The quantitative estimate of drug-likeness (QED) is 0.108. The first kappa shape index (κ1) is 39.3. The van der Waals surface area contributed by atoms with Crippen LogP contribution in [0.2, 0.25) is 0 Å². The monoisotopic (exact) mass is 802 g/mol. The third kappa shape index (κ3) is 9.04. The van der Waals surface area contributed by atoms with E-state index in [1.54, 1.807) is 0 Å². The van der Waals surface area contributed by atoms with Gasteiger partial charge >= 0.3 is 0 Å². The van der Waals surface area contributed by atoms with Crippen molar-refractivity contribution in [2.45, 2.75) is 50.1 Å². The predicted molar refractivity (Wildman–Crippen MR) is 225 cm³/mol. The summed E-state index contributed by atoms with van der Waals surface area (Å²) in [6, 6.07) is 56.0. The summed E-state index contributed by atoms with van der Waals surface area (Å²) in [4.78, 5) is 0. The SMILES string of the molecule is c1ccc(COC[C@H]2CO[C@@](Cn3nnc4ccccc43)(c3ccccc3)O2)cc1.c1ccc(COC[C@H]2CO[C@](Cn3nnc4ccccc43)(c3ccccc3)O2)cc1. The third-order valence-corrected chi connectivity index (χ3v) is 10.5. The van der Waals surface area contributed by atoms with Crippen LogP contribution in [0, 0.1) is 0 Å². The molecule has 10 rings (SSSR count). The molecule has 0 aliphatic carbocycles. The Labute approximate surface area is 348 Å². The Morgan fingerprint density at radius 3 is 1.25 bits per heavy atom. The zero-order valence-electron chi connectivity index (χ0n) is 33.1. The Kier molecular flexibility index (Phi) is 12.1. The molecule has 0 amide bonds. The molecular weight excluding hydrogens is 757 g/mol. The van der Waals surface area contributed by atoms with E-state index >= 15 is 0 Å². The van der Waals surface area contributed by atoms with Gasteiger partial charge in [-0.1, -0.05) is 156 Å². The van der Waals surface area contributed by atoms with E-state index < -0.39 is 11.6 Å². The van der Waals surface area contributed by atoms with Gasteiger partial charge in [0.05, 0.1) is 50.7 Å². The molecule has 0 radical (unpaired) electrons. The molecule has 4 heterocycles. The number of hydrogen-bond donors (Lipinski definition) is 0. The number of ether oxygens (including phenoxy) is 6. The number of hydrogen-bond acceptors (Lipinski definition) is 10. The number of para-hydroxylation sites is 2. The molecule has 0 spiro atoms. The van der Waals surface area contributed by atoms with Gasteiger partial charge in [-0.05, 0) is 35.4 Å². The van der Waals surface area contributed by atoms with Crippen LogP contribution in [0.1, 0.15) is 22.3 Å². The number of aromatic nitrogens is 6. The summed E-state index contributed by atoms with van der Waals surface area (Å²) in [6.07, 6.45) is -0.326. The molecule has 6 aromatic carbocycles. The highest BCUT2D eigenvalue weighted by atomic mass is 16.8. The summed E-state index contributed by atoms with van der Waals surface area (Å²) in [5.41, 5.74) is 7.78. The van der Waals surface area contributed by atoms with Crippen LogP contribution < -0.4 is 0 Å². The van der Waals surface area contributed by atoms with Crippen molar-refractivity contribution in [3.63, 3.8) is 0 Å². The topological polar surface area (TPSA) is 117 Å². The van der Waals surface area contributed by atoms with Gasteiger partial charge in [0, 0.05) is 11.1 Å². The zero-order valence-corrected chi connectivity index (χ0v) is 33.1. The van der Waals surface area contributed by atoms with Gasteiger partial charge in [-0.15, -0.1) is 10.2 Å². The fourth-order valence-electron chi connectivity index (χ4n) is 7.56. The largest absolute Gasteiger partial charge is 0.374 e. The maximum atomic E-state index is 6.46. The molecule has 2 aliphatic rings. The van der Waals surface area contributed by atoms with Gasteiger partial charge < -0.3 is 28.4 Å². The molecule has 0 bridgehead atoms. The van der Waals surface area contributed by atoms with E-state index in [4.69, 9.17) is 28.4 Å². The first-order valence-corrected chi connectivity index (χ1v) is 20.2. The van der Waals surface area contributed by atoms with Gasteiger partial charge in [0.1, 0.15) is 36.3 Å². The van der Waals surface area contributed by atoms with Gasteiger partial charge in [-0.3, -0.25) is 0 Å². The molecule has 0 N–H and O–H groups in total. The number of fused-ring (bicyclic) bond motifs is 2. The van der Waals surface area contributed by atoms with E-state index in [0.29, 0.717) is 52.7 Å². The van der Waals surface area contributed by atoms with Crippen LogP contribution in [0.15, 0.2) is 170 Å². The molecule has 304 valence electrons. The second-order valence-electron chi connectivity index (χ2n) is 14.8. The fourth-order valence-corrected chi connectivity index (χ4v) is 7.56. The van der Waals surface area contributed by atoms with E-state index in [0.717, 1.165) is 44.3 Å². The minimum absolute atomic E-state index is 0.163. The van der Waals surface area contributed by atoms with Crippen LogP contribution in [0.5, 0.6) is 0 Å². The second-order valence-corrected chi connectivity index (χ2v) is 14.8. The lowest BCUT2D eigenvalue weighted by molar-refractivity contribution is -0.193. The van der Waals surface area contributed by atoms with Crippen molar-refractivity contribution in [1.82, 2.24) is 30.0 Å². The summed E-state index contributed by atoms with van der Waals surface area (Å²) < 4.78 is 40.9. The summed E-state index contributed by atoms with van der Waals surface area (Å²) in [5, 5.41) is 17.2. The summed E-state index contributed by atoms with van der Waals surface area (Å²) in [5.74, 6) is -1.86. The van der Waals surface area contributed by atoms with E-state index in [1.807, 2.05) is 155 Å². The maximum Gasteiger partial charge on any atom is 0.215 e. The van der Waals surface area contributed by atoms with Gasteiger partial charge in [-0.2, -0.15) is 0 Å². The predicted octanol–water partition coefficient (Wildman–Crippen LogP) is 7.83. The van der Waals surface area contributed by atoms with Crippen molar-refractivity contribution < 1.29 is 28.4 Å². The summed E-state index contributed by atoms with van der Waals surface area (Å²) in [6.45, 7) is 3.74. The lowest BCUT2D eigenvalue weighted by Crippen LogP contribution is -2.34. The molecule has 60 heavy (non-hydrogen) atoms. The molecule has 4 atom stereocenters. The van der Waals surface area contributed by atoms with Crippen LogP contribution in [-0.4, -0.2) is 68.6 Å². The minimum Gasteiger partial charge on any atom is -0.374 e. The molecule has 2 saturated heterocycles. The maximum absolute atomic E-state index is 6.46. The lowest BCUT2D eigenvalue weighted by atomic mass is 10.1. The second kappa shape index (κ2) is 18.4. The van der Waals surface area contributed by atoms with Crippen LogP contribution >= 0.6 is 0 Å². The Balaban J connectivity index is 0.000000154. The molecule has 2 fully saturated rings. The van der Waals surface area contributed by atoms with Gasteiger partial charge in [0.15, 0.2) is 0 Å². The van der Waals surface area contributed by atoms with E-state index in [1.165, 1.54) is 0 Å². The van der Waals surface area contributed by atoms with E-state index in [-0.39, 0.29) is 12.2 Å². The van der Waals surface area contributed by atoms with Gasteiger partial charge in [0.2, 0.25) is 11.6 Å². The smallest absolute Gasteiger partial charge is 0.215 e. The number of rotatable bonds is 14. The Morgan fingerprint density at radius 1 is 0.467 bits per heavy atom. The summed E-state index contributed by atoms with van der Waals surface area (Å²) >= 11 is 0. The van der Waals surface area contributed by atoms with Crippen LogP contribution in [0.3, 0.4) is 0 Å². The number of nitrogens with zero attached hydrogens (tertiary/aromatic N) is 6. The molecule has 0 unspecified atom stereocenters. The molecular formula is C48H46N6O6. The third-order valence-electron chi connectivity index (χ3n) is 10.5. The number of benzene rings is 6. The first-order valence-electron chi connectivity index (χ1n) is 20.2. The summed E-state index contributed by atoms with van der Waals surface area (Å²) in [7, 11) is 0. The van der Waals surface area contributed by atoms with Crippen molar-refractivity contribution in [3.8, 4) is 0 Å². The van der Waals surface area contributed by atoms with Crippen molar-refractivity contribution in [1.29, 1.82) is 0 Å². The first-order chi connectivity index (χ1) is 29.6. The van der Waals surface area contributed by atoms with Crippen molar-refractivity contribution in [2.24, 2.45) is 0 Å². The fraction of sp³-hybridized carbons (Fsp3) is 0.250. The minimum atomic E-state index is -0.932. The molecule has 2 aliphatic heterocycles. The van der Waals surface area contributed by atoms with Crippen molar-refractivity contribution in [3.05, 3.63) is 192 Å². The molecule has 12 heteroatoms. The van der Waals surface area contributed by atoms with Crippen molar-refractivity contribution >= 4 is 22.1 Å². The Bertz CT molecular complexity index is 2380. The van der Waals surface area contributed by atoms with E-state index in [2.05, 4.69) is 44.9 Å². The van der Waals surface area contributed by atoms with E-state index in [9.17, 15) is 0 Å². The Hall–Kier alpha value is -6.12. The standard InChI is InChI=1S/2C24H23N3O3/c2*1-3-9-19(10-4-1)15-28-16-21-17-29-24(30-21,20-11-5-2-6-12-20)18-27-23-14-8-7-13-22(23)25-26-27/h2*1-14,21H,15-18H2/t21-,24+;21-,24-/m00/s1. The average molecular weight is 803 g/mol. The normalized spacial score (nSPS) is 21.3. The average Bonchev–Trinajstić information content (AvgIpc) is 4.12. The zero-order chi connectivity index (χ0) is 40.5. The Morgan fingerprint density at radius 2 is 0.833 bits per heavy atom. The molecule has 12 nitrogen and oxygen atoms in total. The molecule has 0 saturated carbocycles. The molecule has 8 aromatic rings. The lowest BCUT2D eigenvalue weighted by Gasteiger charge is -2.28. The molecule has 2 aromatic heterocycles. The van der Waals surface area contributed by atoms with Gasteiger partial charge in [-0.25, -0.2) is 9.36 Å². The highest BCUT2D eigenvalue weighted by Gasteiger charge is 2.45. The van der Waals surface area contributed by atoms with Crippen LogP contribution in [0.4, 0.5) is 0 Å². The van der Waals surface area contributed by atoms with Crippen LogP contribution in [-0.2, 0) is 66.3 Å². The highest BCUT2D eigenvalue weighted by molar-refractivity contribution is 5.74. The highest BCUT2D eigenvalue weighted by Crippen LogP contribution is 2.38.